The van der Waals surface area contributed by atoms with E-state index in [0.717, 1.165) is 4.90 Å². The molecule has 0 bridgehead atoms. The van der Waals surface area contributed by atoms with Gasteiger partial charge in [0.1, 0.15) is 12.3 Å². The van der Waals surface area contributed by atoms with Crippen LogP contribution in [0.5, 0.6) is 17.2 Å². The fourth-order valence-corrected chi connectivity index (χ4v) is 4.13. The smallest absolute Gasteiger partial charge is 0.294 e. The first-order valence-corrected chi connectivity index (χ1v) is 10.8. The maximum Gasteiger partial charge on any atom is 0.294 e. The van der Waals surface area contributed by atoms with Gasteiger partial charge in [-0.2, -0.15) is 0 Å². The number of anilines is 1. The van der Waals surface area contributed by atoms with Gasteiger partial charge in [-0.15, -0.1) is 0 Å². The lowest BCUT2D eigenvalue weighted by atomic mass is 10.2. The van der Waals surface area contributed by atoms with Crippen LogP contribution in [0.25, 0.3) is 6.08 Å². The summed E-state index contributed by atoms with van der Waals surface area (Å²) in [5.74, 6) is -0.800. The van der Waals surface area contributed by atoms with Crippen LogP contribution in [0.15, 0.2) is 35.2 Å². The van der Waals surface area contributed by atoms with E-state index in [-0.39, 0.29) is 21.4 Å². The molecule has 168 valence electrons. The fraction of sp³-hybridized carbons (Fsp3) is 0.190. The lowest BCUT2D eigenvalue weighted by Crippen LogP contribution is -2.36. The summed E-state index contributed by atoms with van der Waals surface area (Å²) in [6, 6.07) is 7.60. The normalized spacial score (nSPS) is 14.8. The monoisotopic (exact) mass is 496 g/mol. The molecular formula is C21H18Cl2N2O6S. The average molecular weight is 497 g/mol. The first-order chi connectivity index (χ1) is 15.2. The predicted octanol–water partition coefficient (Wildman–Crippen LogP) is 4.78. The Morgan fingerprint density at radius 1 is 1.19 bits per heavy atom. The van der Waals surface area contributed by atoms with Crippen molar-refractivity contribution in [3.05, 3.63) is 50.8 Å². The largest absolute Gasteiger partial charge is 0.503 e. The maximum absolute atomic E-state index is 12.7. The van der Waals surface area contributed by atoms with E-state index in [0.29, 0.717) is 40.4 Å². The molecule has 1 aliphatic rings. The average Bonchev–Trinajstić information content (AvgIpc) is 2.99. The Balaban J connectivity index is 1.73. The lowest BCUT2D eigenvalue weighted by molar-refractivity contribution is -0.127. The molecule has 3 rings (SSSR count). The molecule has 2 aromatic carbocycles. The van der Waals surface area contributed by atoms with Crippen LogP contribution in [-0.2, 0) is 9.59 Å². The summed E-state index contributed by atoms with van der Waals surface area (Å²) >= 11 is 12.7. The number of benzene rings is 2. The highest BCUT2D eigenvalue weighted by molar-refractivity contribution is 8.18. The quantitative estimate of drug-likeness (QED) is 0.531. The molecule has 0 atom stereocenters. The number of amides is 3. The van der Waals surface area contributed by atoms with Crippen molar-refractivity contribution in [3.8, 4) is 17.2 Å². The Kier molecular flexibility index (Phi) is 7.55. The molecule has 2 aromatic rings. The molecule has 8 nitrogen and oxygen atoms in total. The van der Waals surface area contributed by atoms with Crippen molar-refractivity contribution in [1.82, 2.24) is 4.90 Å². The summed E-state index contributed by atoms with van der Waals surface area (Å²) in [5, 5.41) is 12.3. The number of aromatic hydroxyl groups is 1. The zero-order chi connectivity index (χ0) is 23.4. The number of thioether (sulfide) groups is 1. The molecule has 1 heterocycles. The topological polar surface area (TPSA) is 105 Å². The van der Waals surface area contributed by atoms with Crippen LogP contribution in [0.4, 0.5) is 10.5 Å². The highest BCUT2D eigenvalue weighted by Gasteiger charge is 2.36. The highest BCUT2D eigenvalue weighted by Crippen LogP contribution is 2.38. The predicted molar refractivity (Wildman–Crippen MR) is 124 cm³/mol. The summed E-state index contributed by atoms with van der Waals surface area (Å²) < 4.78 is 10.4. The van der Waals surface area contributed by atoms with Crippen LogP contribution in [0.2, 0.25) is 10.0 Å². The SMILES string of the molecule is CCOc1cc(/C=C2\SC(=O)N(CC(=O)Nc3ccc(OC)c(Cl)c3)C2=O)cc(Cl)c1O. The molecule has 32 heavy (non-hydrogen) atoms. The third kappa shape index (κ3) is 5.29. The van der Waals surface area contributed by atoms with Crippen molar-refractivity contribution in [3.63, 3.8) is 0 Å². The van der Waals surface area contributed by atoms with Gasteiger partial charge in [0.25, 0.3) is 11.1 Å². The molecule has 0 radical (unpaired) electrons. The summed E-state index contributed by atoms with van der Waals surface area (Å²) in [6.45, 7) is 1.58. The van der Waals surface area contributed by atoms with Gasteiger partial charge in [-0.25, -0.2) is 0 Å². The first kappa shape index (κ1) is 23.8. The van der Waals surface area contributed by atoms with Gasteiger partial charge < -0.3 is 19.9 Å². The summed E-state index contributed by atoms with van der Waals surface area (Å²) in [4.78, 5) is 38.3. The molecule has 2 N–H and O–H groups in total. The van der Waals surface area contributed by atoms with Crippen LogP contribution in [0, 0.1) is 0 Å². The van der Waals surface area contributed by atoms with Crippen LogP contribution >= 0.6 is 35.0 Å². The molecule has 0 spiro atoms. The van der Waals surface area contributed by atoms with E-state index < -0.39 is 23.6 Å². The van der Waals surface area contributed by atoms with Crippen molar-refractivity contribution in [2.45, 2.75) is 6.92 Å². The van der Waals surface area contributed by atoms with E-state index in [1.807, 2.05) is 0 Å². The van der Waals surface area contributed by atoms with Crippen molar-refractivity contribution in [2.24, 2.45) is 0 Å². The lowest BCUT2D eigenvalue weighted by Gasteiger charge is -2.13. The van der Waals surface area contributed by atoms with Gasteiger partial charge >= 0.3 is 0 Å². The number of ether oxygens (including phenoxy) is 2. The number of hydrogen-bond acceptors (Lipinski definition) is 7. The number of nitrogens with zero attached hydrogens (tertiary/aromatic N) is 1. The Morgan fingerprint density at radius 3 is 2.59 bits per heavy atom. The summed E-state index contributed by atoms with van der Waals surface area (Å²) in [6.07, 6.45) is 1.44. The zero-order valence-corrected chi connectivity index (χ0v) is 19.3. The van der Waals surface area contributed by atoms with Crippen LogP contribution in [-0.4, -0.2) is 47.3 Å². The number of methoxy groups -OCH3 is 1. The number of carbonyl (C=O) groups is 3. The van der Waals surface area contributed by atoms with E-state index in [9.17, 15) is 19.5 Å². The van der Waals surface area contributed by atoms with E-state index in [1.54, 1.807) is 19.1 Å². The number of carbonyl (C=O) groups excluding carboxylic acids is 3. The minimum absolute atomic E-state index is 0.0407. The number of nitrogens with one attached hydrogen (secondary N) is 1. The molecule has 1 fully saturated rings. The highest BCUT2D eigenvalue weighted by atomic mass is 35.5. The molecule has 1 aliphatic heterocycles. The number of hydrogen-bond donors (Lipinski definition) is 2. The van der Waals surface area contributed by atoms with Crippen molar-refractivity contribution < 1.29 is 29.0 Å². The molecular weight excluding hydrogens is 479 g/mol. The van der Waals surface area contributed by atoms with Crippen LogP contribution < -0.4 is 14.8 Å². The van der Waals surface area contributed by atoms with Gasteiger partial charge in [-0.05, 0) is 60.7 Å². The Morgan fingerprint density at radius 2 is 1.94 bits per heavy atom. The molecule has 11 heteroatoms. The number of imide groups is 1. The van der Waals surface area contributed by atoms with Crippen molar-refractivity contribution in [1.29, 1.82) is 0 Å². The van der Waals surface area contributed by atoms with Gasteiger partial charge in [0.05, 0.1) is 28.7 Å². The van der Waals surface area contributed by atoms with Gasteiger partial charge in [-0.3, -0.25) is 19.3 Å². The van der Waals surface area contributed by atoms with E-state index in [2.05, 4.69) is 5.32 Å². The van der Waals surface area contributed by atoms with Crippen molar-refractivity contribution >= 4 is 63.8 Å². The van der Waals surface area contributed by atoms with Gasteiger partial charge in [0.15, 0.2) is 11.5 Å². The standard InChI is InChI=1S/C21H18Cl2N2O6S/c1-3-31-16-7-11(6-14(23)19(16)27)8-17-20(28)25(21(29)32-17)10-18(26)24-12-4-5-15(30-2)13(22)9-12/h4-9,27H,3,10H2,1-2H3,(H,24,26)/b17-8-. The minimum atomic E-state index is -0.620. The fourth-order valence-electron chi connectivity index (χ4n) is 2.82. The van der Waals surface area contributed by atoms with Crippen LogP contribution in [0.3, 0.4) is 0 Å². The summed E-state index contributed by atoms with van der Waals surface area (Å²) in [7, 11) is 1.47. The molecule has 0 saturated carbocycles. The maximum atomic E-state index is 12.7. The van der Waals surface area contributed by atoms with E-state index >= 15 is 0 Å². The molecule has 1 saturated heterocycles. The van der Waals surface area contributed by atoms with E-state index in [4.69, 9.17) is 32.7 Å². The molecule has 0 aliphatic carbocycles. The second kappa shape index (κ2) is 10.2. The molecule has 0 aromatic heterocycles. The molecule has 3 amide bonds. The Labute approximate surface area is 198 Å². The van der Waals surface area contributed by atoms with Gasteiger partial charge in [0, 0.05) is 5.69 Å². The minimum Gasteiger partial charge on any atom is -0.503 e. The third-order valence-electron chi connectivity index (χ3n) is 4.26. The number of halogens is 2. The summed E-state index contributed by atoms with van der Waals surface area (Å²) in [5.41, 5.74) is 0.851. The van der Waals surface area contributed by atoms with Gasteiger partial charge in [0.2, 0.25) is 5.91 Å². The second-order valence-electron chi connectivity index (χ2n) is 6.45. The molecule has 0 unspecified atom stereocenters. The van der Waals surface area contributed by atoms with Crippen molar-refractivity contribution in [2.75, 3.05) is 25.6 Å². The first-order valence-electron chi connectivity index (χ1n) is 9.27. The second-order valence-corrected chi connectivity index (χ2v) is 8.26. The Bertz CT molecular complexity index is 1120. The number of phenolic OH excluding ortho intramolecular Hbond substituents is 1. The number of rotatable bonds is 7. The Hall–Kier alpha value is -2.88. The third-order valence-corrected chi connectivity index (χ3v) is 5.75. The van der Waals surface area contributed by atoms with Crippen LogP contribution in [0.1, 0.15) is 12.5 Å². The number of phenols is 1. The zero-order valence-electron chi connectivity index (χ0n) is 17.0. The van der Waals surface area contributed by atoms with Gasteiger partial charge in [-0.1, -0.05) is 23.2 Å². The van der Waals surface area contributed by atoms with E-state index in [1.165, 1.54) is 31.4 Å².